The predicted molar refractivity (Wildman–Crippen MR) is 73.9 cm³/mol. The number of rotatable bonds is 3. The number of piperidine rings is 1. The van der Waals surface area contributed by atoms with Gasteiger partial charge in [-0.1, -0.05) is 0 Å². The second-order valence-corrected chi connectivity index (χ2v) is 5.88. The summed E-state index contributed by atoms with van der Waals surface area (Å²) in [6.45, 7) is 3.97. The third-order valence-corrected chi connectivity index (χ3v) is 4.56. The highest BCUT2D eigenvalue weighted by Gasteiger charge is 2.39. The van der Waals surface area contributed by atoms with E-state index >= 15 is 0 Å². The highest BCUT2D eigenvalue weighted by Crippen LogP contribution is 2.34. The van der Waals surface area contributed by atoms with E-state index in [0.29, 0.717) is 6.04 Å². The molecule has 2 aliphatic heterocycles. The smallest absolute Gasteiger partial charge is 0.120 e. The first kappa shape index (κ1) is 13.1. The van der Waals surface area contributed by atoms with Crippen LogP contribution in [0, 0.1) is 0 Å². The van der Waals surface area contributed by atoms with Gasteiger partial charge in [-0.25, -0.2) is 4.98 Å². The summed E-state index contributed by atoms with van der Waals surface area (Å²) in [7, 11) is 2.20. The molecular weight excluding hydrogens is 240 g/mol. The summed E-state index contributed by atoms with van der Waals surface area (Å²) < 4.78 is 6.13. The second-order valence-electron chi connectivity index (χ2n) is 5.88. The Balaban J connectivity index is 1.61. The molecule has 0 radical (unpaired) electrons. The molecule has 2 saturated heterocycles. The molecule has 106 valence electrons. The molecule has 1 aromatic heterocycles. The lowest BCUT2D eigenvalue weighted by Gasteiger charge is -2.45. The maximum absolute atomic E-state index is 6.13. The van der Waals surface area contributed by atoms with Crippen molar-refractivity contribution in [1.82, 2.24) is 20.2 Å². The van der Waals surface area contributed by atoms with Gasteiger partial charge < -0.3 is 15.0 Å². The minimum atomic E-state index is 0.131. The molecule has 5 nitrogen and oxygen atoms in total. The van der Waals surface area contributed by atoms with Crippen LogP contribution in [0.15, 0.2) is 12.4 Å². The van der Waals surface area contributed by atoms with Crippen LogP contribution < -0.4 is 5.32 Å². The molecule has 3 heterocycles. The van der Waals surface area contributed by atoms with Gasteiger partial charge in [0.1, 0.15) is 5.82 Å². The van der Waals surface area contributed by atoms with Gasteiger partial charge in [0, 0.05) is 25.0 Å². The first-order valence-electron chi connectivity index (χ1n) is 7.31. The normalized spacial score (nSPS) is 26.9. The number of aromatic nitrogens is 2. The van der Waals surface area contributed by atoms with Crippen molar-refractivity contribution in [2.75, 3.05) is 26.7 Å². The van der Waals surface area contributed by atoms with Crippen molar-refractivity contribution in [3.05, 3.63) is 18.2 Å². The van der Waals surface area contributed by atoms with E-state index in [9.17, 15) is 0 Å². The third kappa shape index (κ3) is 2.99. The van der Waals surface area contributed by atoms with Crippen LogP contribution in [0.2, 0.25) is 0 Å². The van der Waals surface area contributed by atoms with Gasteiger partial charge in [-0.3, -0.25) is 4.90 Å². The van der Waals surface area contributed by atoms with E-state index in [1.54, 1.807) is 0 Å². The molecule has 1 atom stereocenters. The van der Waals surface area contributed by atoms with Crippen molar-refractivity contribution in [3.8, 4) is 0 Å². The van der Waals surface area contributed by atoms with Gasteiger partial charge in [-0.05, 0) is 45.8 Å². The average molecular weight is 264 g/mol. The molecule has 0 aliphatic carbocycles. The number of ether oxygens (including phenoxy) is 1. The van der Waals surface area contributed by atoms with E-state index in [0.717, 1.165) is 57.7 Å². The Morgan fingerprint density at radius 1 is 1.47 bits per heavy atom. The molecule has 0 bridgehead atoms. The van der Waals surface area contributed by atoms with Gasteiger partial charge in [-0.2, -0.15) is 0 Å². The predicted octanol–water partition coefficient (Wildman–Crippen LogP) is 1.14. The number of hydrogen-bond acceptors (Lipinski definition) is 4. The van der Waals surface area contributed by atoms with Crippen LogP contribution in [-0.4, -0.2) is 53.3 Å². The molecule has 0 aromatic carbocycles. The van der Waals surface area contributed by atoms with Crippen molar-refractivity contribution in [1.29, 1.82) is 0 Å². The largest absolute Gasteiger partial charge is 0.375 e. The summed E-state index contributed by atoms with van der Waals surface area (Å²) in [5.41, 5.74) is 0.131. The van der Waals surface area contributed by atoms with E-state index in [1.807, 2.05) is 12.4 Å². The molecule has 0 amide bonds. The Kier molecular flexibility index (Phi) is 3.86. The summed E-state index contributed by atoms with van der Waals surface area (Å²) in [6, 6.07) is 0.608. The molecule has 2 N–H and O–H groups in total. The van der Waals surface area contributed by atoms with Gasteiger partial charge in [0.05, 0.1) is 12.1 Å². The molecule has 19 heavy (non-hydrogen) atoms. The van der Waals surface area contributed by atoms with Crippen molar-refractivity contribution in [2.24, 2.45) is 0 Å². The second kappa shape index (κ2) is 5.61. The first-order valence-corrected chi connectivity index (χ1v) is 7.31. The molecule has 1 unspecified atom stereocenters. The minimum absolute atomic E-state index is 0.131. The van der Waals surface area contributed by atoms with Gasteiger partial charge in [-0.15, -0.1) is 0 Å². The Morgan fingerprint density at radius 2 is 2.32 bits per heavy atom. The van der Waals surface area contributed by atoms with Gasteiger partial charge in [0.2, 0.25) is 0 Å². The molecule has 2 fully saturated rings. The summed E-state index contributed by atoms with van der Waals surface area (Å²) >= 11 is 0. The quantitative estimate of drug-likeness (QED) is 0.860. The third-order valence-electron chi connectivity index (χ3n) is 4.56. The van der Waals surface area contributed by atoms with Crippen LogP contribution in [0.3, 0.4) is 0 Å². The minimum Gasteiger partial charge on any atom is -0.375 e. The molecule has 3 rings (SSSR count). The lowest BCUT2D eigenvalue weighted by molar-refractivity contribution is -0.119. The fourth-order valence-electron chi connectivity index (χ4n) is 3.36. The Labute approximate surface area is 114 Å². The maximum atomic E-state index is 6.13. The van der Waals surface area contributed by atoms with Crippen LogP contribution in [0.5, 0.6) is 0 Å². The summed E-state index contributed by atoms with van der Waals surface area (Å²) in [5.74, 6) is 1.05. The number of aromatic amines is 1. The van der Waals surface area contributed by atoms with E-state index < -0.39 is 0 Å². The van der Waals surface area contributed by atoms with E-state index in [4.69, 9.17) is 4.74 Å². The zero-order chi connectivity index (χ0) is 13.1. The molecule has 1 aromatic rings. The van der Waals surface area contributed by atoms with E-state index in [-0.39, 0.29) is 5.60 Å². The number of hydrogen-bond donors (Lipinski definition) is 2. The van der Waals surface area contributed by atoms with Gasteiger partial charge in [0.15, 0.2) is 0 Å². The van der Waals surface area contributed by atoms with E-state index in [1.165, 1.54) is 0 Å². The molecule has 0 saturated carbocycles. The van der Waals surface area contributed by atoms with Crippen LogP contribution in [0.1, 0.15) is 31.5 Å². The maximum Gasteiger partial charge on any atom is 0.120 e. The van der Waals surface area contributed by atoms with Gasteiger partial charge in [0.25, 0.3) is 0 Å². The van der Waals surface area contributed by atoms with Gasteiger partial charge >= 0.3 is 0 Å². The van der Waals surface area contributed by atoms with E-state index in [2.05, 4.69) is 27.2 Å². The summed E-state index contributed by atoms with van der Waals surface area (Å²) in [5, 5.41) is 3.43. The van der Waals surface area contributed by atoms with Crippen molar-refractivity contribution in [2.45, 2.75) is 43.9 Å². The van der Waals surface area contributed by atoms with Crippen molar-refractivity contribution >= 4 is 0 Å². The van der Waals surface area contributed by atoms with Crippen LogP contribution in [0.25, 0.3) is 0 Å². The molecule has 2 aliphatic rings. The molecule has 1 spiro atoms. The number of H-pyrrole nitrogens is 1. The number of nitrogens with zero attached hydrogens (tertiary/aromatic N) is 2. The average Bonchev–Trinajstić information content (AvgIpc) is 2.92. The first-order chi connectivity index (χ1) is 9.27. The lowest BCUT2D eigenvalue weighted by Crippen LogP contribution is -2.52. The Bertz CT molecular complexity index is 381. The summed E-state index contributed by atoms with van der Waals surface area (Å²) in [4.78, 5) is 9.92. The number of nitrogens with one attached hydrogen (secondary N) is 2. The fraction of sp³-hybridized carbons (Fsp3) is 0.786. The topological polar surface area (TPSA) is 53.2 Å². The Morgan fingerprint density at radius 3 is 3.05 bits per heavy atom. The SMILES string of the molecule is CN(Cc1ncc[nH]1)C1CCOC2(CCNCC2)C1. The summed E-state index contributed by atoms with van der Waals surface area (Å²) in [6.07, 6.45) is 8.30. The zero-order valence-electron chi connectivity index (χ0n) is 11.7. The number of imidazole rings is 1. The van der Waals surface area contributed by atoms with Crippen molar-refractivity contribution < 1.29 is 4.74 Å². The monoisotopic (exact) mass is 264 g/mol. The highest BCUT2D eigenvalue weighted by molar-refractivity contribution is 4.95. The fourth-order valence-corrected chi connectivity index (χ4v) is 3.36. The standard InChI is InChI=1S/C14H24N4O/c1-18(11-13-16-7-8-17-13)12-2-9-19-14(10-12)3-5-15-6-4-14/h7-8,12,15H,2-6,9-11H2,1H3,(H,16,17). The zero-order valence-corrected chi connectivity index (χ0v) is 11.7. The van der Waals surface area contributed by atoms with Crippen LogP contribution in [0.4, 0.5) is 0 Å². The molecular formula is C14H24N4O. The molecule has 5 heteroatoms. The lowest BCUT2D eigenvalue weighted by atomic mass is 9.82. The highest BCUT2D eigenvalue weighted by atomic mass is 16.5. The Hall–Kier alpha value is -0.910. The van der Waals surface area contributed by atoms with Crippen LogP contribution in [-0.2, 0) is 11.3 Å². The van der Waals surface area contributed by atoms with Crippen LogP contribution >= 0.6 is 0 Å². The van der Waals surface area contributed by atoms with Crippen molar-refractivity contribution in [3.63, 3.8) is 0 Å².